The first-order valence-electron chi connectivity index (χ1n) is 7.82. The number of hydrogen-bond acceptors (Lipinski definition) is 4. The first-order chi connectivity index (χ1) is 10.9. The van der Waals surface area contributed by atoms with Crippen LogP contribution in [0.4, 0.5) is 10.5 Å². The quantitative estimate of drug-likeness (QED) is 0.832. The number of amides is 2. The van der Waals surface area contributed by atoms with Gasteiger partial charge in [-0.2, -0.15) is 0 Å². The summed E-state index contributed by atoms with van der Waals surface area (Å²) in [6.07, 6.45) is 0.787. The summed E-state index contributed by atoms with van der Waals surface area (Å²) in [7, 11) is -3.32. The van der Waals surface area contributed by atoms with Gasteiger partial charge in [0.1, 0.15) is 0 Å². The standard InChI is InChI=1S/C16H24N2O4S/c1-12(2)9-17-16(19)18-14-3-5-15(6-4-14)23(20,21)11-13-7-8-22-10-13/h3-6,12-13H,7-11H2,1-2H3,(H2,17,18,19)/t13-/m0/s1. The molecular formula is C16H24N2O4S. The highest BCUT2D eigenvalue weighted by Crippen LogP contribution is 2.21. The van der Waals surface area contributed by atoms with E-state index in [9.17, 15) is 13.2 Å². The molecule has 0 aromatic heterocycles. The smallest absolute Gasteiger partial charge is 0.319 e. The van der Waals surface area contributed by atoms with Crippen LogP contribution in [0.2, 0.25) is 0 Å². The maximum atomic E-state index is 12.3. The van der Waals surface area contributed by atoms with E-state index in [-0.39, 0.29) is 22.6 Å². The van der Waals surface area contributed by atoms with Gasteiger partial charge in [0.15, 0.2) is 9.84 Å². The third-order valence-corrected chi connectivity index (χ3v) is 5.52. The summed E-state index contributed by atoms with van der Waals surface area (Å²) in [5, 5.41) is 5.43. The Morgan fingerprint density at radius 2 is 2.00 bits per heavy atom. The fraction of sp³-hybridized carbons (Fsp3) is 0.562. The zero-order chi connectivity index (χ0) is 16.9. The third kappa shape index (κ3) is 5.51. The van der Waals surface area contributed by atoms with Crippen molar-refractivity contribution in [3.63, 3.8) is 0 Å². The molecule has 6 nitrogen and oxygen atoms in total. The Labute approximate surface area is 137 Å². The van der Waals surface area contributed by atoms with Crippen molar-refractivity contribution in [2.24, 2.45) is 11.8 Å². The van der Waals surface area contributed by atoms with Crippen molar-refractivity contribution in [2.45, 2.75) is 25.2 Å². The number of benzene rings is 1. The Kier molecular flexibility index (Phi) is 6.01. The molecule has 0 radical (unpaired) electrons. The van der Waals surface area contributed by atoms with Crippen LogP contribution in [-0.4, -0.2) is 40.0 Å². The predicted octanol–water partition coefficient (Wildman–Crippen LogP) is 2.27. The van der Waals surface area contributed by atoms with E-state index in [4.69, 9.17) is 4.74 Å². The topological polar surface area (TPSA) is 84.5 Å². The second-order valence-electron chi connectivity index (χ2n) is 6.26. The Morgan fingerprint density at radius 3 is 2.57 bits per heavy atom. The van der Waals surface area contributed by atoms with Crippen molar-refractivity contribution in [1.29, 1.82) is 0 Å². The number of carbonyl (C=O) groups is 1. The zero-order valence-electron chi connectivity index (χ0n) is 13.5. The average molecular weight is 340 g/mol. The van der Waals surface area contributed by atoms with Gasteiger partial charge in [-0.15, -0.1) is 0 Å². The van der Waals surface area contributed by atoms with Crippen LogP contribution >= 0.6 is 0 Å². The summed E-state index contributed by atoms with van der Waals surface area (Å²) >= 11 is 0. The van der Waals surface area contributed by atoms with Gasteiger partial charge in [0.2, 0.25) is 0 Å². The van der Waals surface area contributed by atoms with Crippen LogP contribution < -0.4 is 10.6 Å². The average Bonchev–Trinajstić information content (AvgIpc) is 2.98. The van der Waals surface area contributed by atoms with Crippen LogP contribution in [0.3, 0.4) is 0 Å². The molecule has 0 aliphatic carbocycles. The molecule has 1 aromatic carbocycles. The number of ether oxygens (including phenoxy) is 1. The summed E-state index contributed by atoms with van der Waals surface area (Å²) in [5.41, 5.74) is 0.564. The lowest BCUT2D eigenvalue weighted by molar-refractivity contribution is 0.188. The van der Waals surface area contributed by atoms with Gasteiger partial charge in [-0.25, -0.2) is 13.2 Å². The van der Waals surface area contributed by atoms with E-state index < -0.39 is 9.84 Å². The summed E-state index contributed by atoms with van der Waals surface area (Å²) < 4.78 is 29.9. The van der Waals surface area contributed by atoms with Crippen molar-refractivity contribution >= 4 is 21.6 Å². The fourth-order valence-corrected chi connectivity index (χ4v) is 3.97. The maximum Gasteiger partial charge on any atom is 0.319 e. The van der Waals surface area contributed by atoms with E-state index in [1.54, 1.807) is 12.1 Å². The Bertz CT molecular complexity index is 620. The van der Waals surface area contributed by atoms with Gasteiger partial charge in [-0.1, -0.05) is 13.8 Å². The van der Waals surface area contributed by atoms with Gasteiger partial charge in [0.25, 0.3) is 0 Å². The van der Waals surface area contributed by atoms with Crippen LogP contribution in [0.15, 0.2) is 29.2 Å². The van der Waals surface area contributed by atoms with E-state index in [0.717, 1.165) is 6.42 Å². The molecule has 2 N–H and O–H groups in total. The van der Waals surface area contributed by atoms with Crippen LogP contribution in [0, 0.1) is 11.8 Å². The predicted molar refractivity (Wildman–Crippen MR) is 89.3 cm³/mol. The summed E-state index contributed by atoms with van der Waals surface area (Å²) in [6.45, 7) is 5.75. The number of urea groups is 1. The third-order valence-electron chi connectivity index (χ3n) is 3.62. The lowest BCUT2D eigenvalue weighted by atomic mass is 10.2. The van der Waals surface area contributed by atoms with Gasteiger partial charge < -0.3 is 15.4 Å². The molecule has 0 bridgehead atoms. The summed E-state index contributed by atoms with van der Waals surface area (Å²) in [4.78, 5) is 12.0. The summed E-state index contributed by atoms with van der Waals surface area (Å²) in [5.74, 6) is 0.543. The molecule has 128 valence electrons. The minimum absolute atomic E-state index is 0.0691. The molecule has 0 saturated carbocycles. The van der Waals surface area contributed by atoms with Crippen molar-refractivity contribution in [1.82, 2.24) is 5.32 Å². The summed E-state index contributed by atoms with van der Waals surface area (Å²) in [6, 6.07) is 5.98. The lowest BCUT2D eigenvalue weighted by Crippen LogP contribution is -2.31. The van der Waals surface area contributed by atoms with Crippen LogP contribution in [0.5, 0.6) is 0 Å². The highest BCUT2D eigenvalue weighted by Gasteiger charge is 2.24. The molecule has 1 aliphatic rings. The molecule has 0 spiro atoms. The van der Waals surface area contributed by atoms with Gasteiger partial charge in [-0.3, -0.25) is 0 Å². The zero-order valence-corrected chi connectivity index (χ0v) is 14.4. The molecule has 1 aliphatic heterocycles. The molecule has 2 amide bonds. The molecule has 1 saturated heterocycles. The number of sulfone groups is 1. The van der Waals surface area contributed by atoms with E-state index in [2.05, 4.69) is 10.6 Å². The minimum atomic E-state index is -3.32. The molecule has 1 heterocycles. The highest BCUT2D eigenvalue weighted by molar-refractivity contribution is 7.91. The van der Waals surface area contributed by atoms with Crippen molar-refractivity contribution in [3.8, 4) is 0 Å². The highest BCUT2D eigenvalue weighted by atomic mass is 32.2. The normalized spacial score (nSPS) is 18.1. The first kappa shape index (κ1) is 17.7. The fourth-order valence-electron chi connectivity index (χ4n) is 2.34. The Morgan fingerprint density at radius 1 is 1.30 bits per heavy atom. The molecule has 7 heteroatoms. The Balaban J connectivity index is 1.94. The number of hydrogen-bond donors (Lipinski definition) is 2. The van der Waals surface area contributed by atoms with Crippen molar-refractivity contribution in [2.75, 3.05) is 30.8 Å². The van der Waals surface area contributed by atoms with E-state index in [1.807, 2.05) is 13.8 Å². The maximum absolute atomic E-state index is 12.3. The SMILES string of the molecule is CC(C)CNC(=O)Nc1ccc(S(=O)(=O)C[C@H]2CCOC2)cc1. The first-order valence-corrected chi connectivity index (χ1v) is 9.47. The molecular weight excluding hydrogens is 316 g/mol. The van der Waals surface area contributed by atoms with Gasteiger partial charge in [-0.05, 0) is 42.5 Å². The molecule has 1 atom stereocenters. The van der Waals surface area contributed by atoms with Crippen molar-refractivity contribution in [3.05, 3.63) is 24.3 Å². The second-order valence-corrected chi connectivity index (χ2v) is 8.30. The lowest BCUT2D eigenvalue weighted by Gasteiger charge is -2.11. The van der Waals surface area contributed by atoms with Gasteiger partial charge in [0, 0.05) is 18.8 Å². The number of rotatable bonds is 6. The molecule has 23 heavy (non-hydrogen) atoms. The van der Waals surface area contributed by atoms with Crippen LogP contribution in [0.25, 0.3) is 0 Å². The molecule has 2 rings (SSSR count). The molecule has 1 aromatic rings. The van der Waals surface area contributed by atoms with E-state index in [1.165, 1.54) is 12.1 Å². The number of carbonyl (C=O) groups excluding carboxylic acids is 1. The monoisotopic (exact) mass is 340 g/mol. The Hall–Kier alpha value is -1.60. The number of anilines is 1. The minimum Gasteiger partial charge on any atom is -0.381 e. The number of nitrogens with one attached hydrogen (secondary N) is 2. The van der Waals surface area contributed by atoms with Gasteiger partial charge >= 0.3 is 6.03 Å². The molecule has 1 fully saturated rings. The van der Waals surface area contributed by atoms with Crippen LogP contribution in [-0.2, 0) is 14.6 Å². The van der Waals surface area contributed by atoms with E-state index >= 15 is 0 Å². The van der Waals surface area contributed by atoms with Crippen LogP contribution in [0.1, 0.15) is 20.3 Å². The molecule has 0 unspecified atom stereocenters. The van der Waals surface area contributed by atoms with Gasteiger partial charge in [0.05, 0.1) is 17.3 Å². The van der Waals surface area contributed by atoms with E-state index in [0.29, 0.717) is 31.4 Å². The van der Waals surface area contributed by atoms with Crippen molar-refractivity contribution < 1.29 is 17.9 Å². The largest absolute Gasteiger partial charge is 0.381 e. The second kappa shape index (κ2) is 7.79.